The van der Waals surface area contributed by atoms with Gasteiger partial charge in [-0.1, -0.05) is 20.3 Å². The molecule has 0 aromatic carbocycles. The van der Waals surface area contributed by atoms with Crippen LogP contribution in [0.4, 0.5) is 0 Å². The quantitative estimate of drug-likeness (QED) is 0.878. The Balaban J connectivity index is 1.99. The van der Waals surface area contributed by atoms with Gasteiger partial charge in [-0.2, -0.15) is 0 Å². The molecular weight excluding hydrogens is 240 g/mol. The zero-order chi connectivity index (χ0) is 13.3. The largest absolute Gasteiger partial charge is 0.306 e. The molecule has 2 rings (SSSR count). The summed E-state index contributed by atoms with van der Waals surface area (Å²) in [5, 5.41) is 4.97. The number of aromatic nitrogens is 1. The highest BCUT2D eigenvalue weighted by Crippen LogP contribution is 2.36. The van der Waals surface area contributed by atoms with E-state index in [0.29, 0.717) is 17.5 Å². The molecule has 0 saturated heterocycles. The summed E-state index contributed by atoms with van der Waals surface area (Å²) in [6, 6.07) is 1.04. The van der Waals surface area contributed by atoms with Crippen LogP contribution in [0, 0.1) is 19.3 Å². The third kappa shape index (κ3) is 3.33. The fourth-order valence-corrected chi connectivity index (χ4v) is 4.13. The van der Waals surface area contributed by atoms with Gasteiger partial charge in [-0.05, 0) is 45.4 Å². The van der Waals surface area contributed by atoms with Crippen LogP contribution in [-0.4, -0.2) is 11.0 Å². The molecule has 18 heavy (non-hydrogen) atoms. The molecule has 0 radical (unpaired) electrons. The smallest absolute Gasteiger partial charge is 0.0900 e. The third-order valence-corrected chi connectivity index (χ3v) is 4.94. The minimum absolute atomic E-state index is 0.383. The van der Waals surface area contributed by atoms with E-state index < -0.39 is 0 Å². The van der Waals surface area contributed by atoms with Crippen molar-refractivity contribution in [1.29, 1.82) is 0 Å². The van der Waals surface area contributed by atoms with Crippen LogP contribution in [0.5, 0.6) is 0 Å². The first-order valence-electron chi connectivity index (χ1n) is 7.07. The van der Waals surface area contributed by atoms with Gasteiger partial charge < -0.3 is 5.32 Å². The highest BCUT2D eigenvalue weighted by atomic mass is 32.1. The summed E-state index contributed by atoms with van der Waals surface area (Å²) in [5.74, 6) is 0. The van der Waals surface area contributed by atoms with Crippen LogP contribution < -0.4 is 5.32 Å². The summed E-state index contributed by atoms with van der Waals surface area (Å²) >= 11 is 1.81. The summed E-state index contributed by atoms with van der Waals surface area (Å²) in [6.45, 7) is 11.3. The van der Waals surface area contributed by atoms with Gasteiger partial charge in [0.25, 0.3) is 0 Å². The number of nitrogens with zero attached hydrogens (tertiary/aromatic N) is 1. The predicted octanol–water partition coefficient (Wildman–Crippen LogP) is 4.38. The number of hydrogen-bond acceptors (Lipinski definition) is 3. The van der Waals surface area contributed by atoms with E-state index in [1.807, 2.05) is 11.3 Å². The molecule has 1 aliphatic carbocycles. The highest BCUT2D eigenvalue weighted by Gasteiger charge is 2.29. The maximum Gasteiger partial charge on any atom is 0.0900 e. The van der Waals surface area contributed by atoms with Gasteiger partial charge in [0.15, 0.2) is 0 Å². The average Bonchev–Trinajstić information content (AvgIpc) is 2.56. The van der Waals surface area contributed by atoms with Crippen LogP contribution in [-0.2, 0) is 0 Å². The Labute approximate surface area is 115 Å². The van der Waals surface area contributed by atoms with E-state index in [0.717, 1.165) is 0 Å². The molecule has 1 saturated carbocycles. The van der Waals surface area contributed by atoms with Crippen LogP contribution in [0.15, 0.2) is 0 Å². The van der Waals surface area contributed by atoms with Gasteiger partial charge in [0.1, 0.15) is 0 Å². The Bertz CT molecular complexity index is 409. The molecule has 2 nitrogen and oxygen atoms in total. The van der Waals surface area contributed by atoms with Crippen molar-refractivity contribution in [3.8, 4) is 0 Å². The molecule has 0 amide bonds. The van der Waals surface area contributed by atoms with E-state index in [2.05, 4.69) is 44.9 Å². The number of hydrogen-bond donors (Lipinski definition) is 1. The standard InChI is InChI=1S/C15H26N2S/c1-10(14-11(2)18-12(3)17-14)16-13-7-6-8-15(4,5)9-13/h10,13,16H,6-9H2,1-5H3. The van der Waals surface area contributed by atoms with Gasteiger partial charge in [0.2, 0.25) is 0 Å². The van der Waals surface area contributed by atoms with Crippen molar-refractivity contribution in [3.63, 3.8) is 0 Å². The molecule has 102 valence electrons. The fourth-order valence-electron chi connectivity index (χ4n) is 3.22. The average molecular weight is 266 g/mol. The Hall–Kier alpha value is -0.410. The molecule has 1 aromatic heterocycles. The van der Waals surface area contributed by atoms with Gasteiger partial charge in [-0.15, -0.1) is 11.3 Å². The molecule has 1 aliphatic rings. The molecule has 0 bridgehead atoms. The summed E-state index contributed by atoms with van der Waals surface area (Å²) < 4.78 is 0. The second kappa shape index (κ2) is 5.30. The minimum atomic E-state index is 0.383. The van der Waals surface area contributed by atoms with Crippen molar-refractivity contribution in [2.75, 3.05) is 0 Å². The molecular formula is C15H26N2S. The van der Waals surface area contributed by atoms with E-state index in [-0.39, 0.29) is 0 Å². The van der Waals surface area contributed by atoms with Crippen molar-refractivity contribution in [1.82, 2.24) is 10.3 Å². The lowest BCUT2D eigenvalue weighted by Crippen LogP contribution is -2.38. The Morgan fingerprint density at radius 1 is 1.39 bits per heavy atom. The maximum atomic E-state index is 4.67. The van der Waals surface area contributed by atoms with Gasteiger partial charge in [0, 0.05) is 17.0 Å². The van der Waals surface area contributed by atoms with Crippen molar-refractivity contribution < 1.29 is 0 Å². The molecule has 2 atom stereocenters. The first-order chi connectivity index (χ1) is 8.37. The van der Waals surface area contributed by atoms with Crippen molar-refractivity contribution in [2.24, 2.45) is 5.41 Å². The molecule has 0 aliphatic heterocycles. The van der Waals surface area contributed by atoms with Crippen molar-refractivity contribution in [3.05, 3.63) is 15.6 Å². The third-order valence-electron chi connectivity index (χ3n) is 4.04. The summed E-state index contributed by atoms with van der Waals surface area (Å²) in [4.78, 5) is 6.03. The Morgan fingerprint density at radius 3 is 2.67 bits per heavy atom. The van der Waals surface area contributed by atoms with Crippen molar-refractivity contribution >= 4 is 11.3 Å². The van der Waals surface area contributed by atoms with Gasteiger partial charge in [-0.25, -0.2) is 4.98 Å². The van der Waals surface area contributed by atoms with E-state index in [9.17, 15) is 0 Å². The summed E-state index contributed by atoms with van der Waals surface area (Å²) in [5.41, 5.74) is 1.75. The number of thiazole rings is 1. The van der Waals surface area contributed by atoms with Crippen LogP contribution in [0.3, 0.4) is 0 Å². The zero-order valence-electron chi connectivity index (χ0n) is 12.3. The monoisotopic (exact) mass is 266 g/mol. The lowest BCUT2D eigenvalue weighted by Gasteiger charge is -2.37. The predicted molar refractivity (Wildman–Crippen MR) is 79.2 cm³/mol. The van der Waals surface area contributed by atoms with Gasteiger partial charge in [-0.3, -0.25) is 0 Å². The van der Waals surface area contributed by atoms with Crippen LogP contribution in [0.1, 0.15) is 68.1 Å². The number of rotatable bonds is 3. The summed E-state index contributed by atoms with van der Waals surface area (Å²) in [6.07, 6.45) is 5.33. The topological polar surface area (TPSA) is 24.9 Å². The maximum absolute atomic E-state index is 4.67. The Kier molecular flexibility index (Phi) is 4.12. The van der Waals surface area contributed by atoms with Crippen LogP contribution in [0.25, 0.3) is 0 Å². The second-order valence-electron chi connectivity index (χ2n) is 6.52. The molecule has 0 spiro atoms. The van der Waals surface area contributed by atoms with Gasteiger partial charge in [0.05, 0.1) is 10.7 Å². The van der Waals surface area contributed by atoms with Gasteiger partial charge >= 0.3 is 0 Å². The SMILES string of the molecule is Cc1nc(C(C)NC2CCCC(C)(C)C2)c(C)s1. The van der Waals surface area contributed by atoms with Crippen LogP contribution >= 0.6 is 11.3 Å². The van der Waals surface area contributed by atoms with E-state index in [1.165, 1.54) is 41.3 Å². The Morgan fingerprint density at radius 2 is 2.11 bits per heavy atom. The number of nitrogens with one attached hydrogen (secondary N) is 1. The molecule has 1 N–H and O–H groups in total. The minimum Gasteiger partial charge on any atom is -0.306 e. The fraction of sp³-hybridized carbons (Fsp3) is 0.800. The lowest BCUT2D eigenvalue weighted by atomic mass is 9.75. The lowest BCUT2D eigenvalue weighted by molar-refractivity contribution is 0.190. The molecule has 1 heterocycles. The second-order valence-corrected chi connectivity index (χ2v) is 7.93. The molecule has 2 unspecified atom stereocenters. The summed E-state index contributed by atoms with van der Waals surface area (Å²) in [7, 11) is 0. The molecule has 1 fully saturated rings. The zero-order valence-corrected chi connectivity index (χ0v) is 13.2. The first-order valence-corrected chi connectivity index (χ1v) is 7.89. The van der Waals surface area contributed by atoms with E-state index in [4.69, 9.17) is 0 Å². The van der Waals surface area contributed by atoms with Crippen molar-refractivity contribution in [2.45, 2.75) is 72.4 Å². The first kappa shape index (κ1) is 14.0. The number of aryl methyl sites for hydroxylation is 2. The van der Waals surface area contributed by atoms with Crippen LogP contribution in [0.2, 0.25) is 0 Å². The molecule has 1 aromatic rings. The van der Waals surface area contributed by atoms with E-state index >= 15 is 0 Å². The highest BCUT2D eigenvalue weighted by molar-refractivity contribution is 7.11. The molecule has 3 heteroatoms. The normalized spacial score (nSPS) is 25.1. The van der Waals surface area contributed by atoms with E-state index in [1.54, 1.807) is 0 Å².